The molecular formula is C20H19N3O2. The first-order chi connectivity index (χ1) is 11.9. The van der Waals surface area contributed by atoms with Crippen molar-refractivity contribution in [3.05, 3.63) is 65.5 Å². The molecule has 5 nitrogen and oxygen atoms in total. The van der Waals surface area contributed by atoms with Crippen LogP contribution in [-0.4, -0.2) is 16.0 Å². The zero-order valence-corrected chi connectivity index (χ0v) is 14.1. The Balaban J connectivity index is 2.36. The van der Waals surface area contributed by atoms with Crippen LogP contribution >= 0.6 is 0 Å². The second-order valence-corrected chi connectivity index (χ2v) is 5.99. The van der Waals surface area contributed by atoms with Gasteiger partial charge in [0.15, 0.2) is 0 Å². The van der Waals surface area contributed by atoms with E-state index in [2.05, 4.69) is 4.98 Å². The standard InChI is InChI=1S/C20H19N3O2/c1-11-3-4-17(24)12(2)18(11)15-9-14(13-5-7-23-8-6-13)10-16(19(15)21)20(22)25/h3-10,24H,21H2,1-2H3,(H2,22,25). The van der Waals surface area contributed by atoms with Gasteiger partial charge >= 0.3 is 0 Å². The van der Waals surface area contributed by atoms with Crippen LogP contribution in [0.1, 0.15) is 21.5 Å². The van der Waals surface area contributed by atoms with Gasteiger partial charge in [0.1, 0.15) is 5.75 Å². The van der Waals surface area contributed by atoms with Crippen molar-refractivity contribution in [1.29, 1.82) is 0 Å². The first-order valence-electron chi connectivity index (χ1n) is 7.83. The van der Waals surface area contributed by atoms with Gasteiger partial charge in [-0.2, -0.15) is 0 Å². The molecule has 126 valence electrons. The van der Waals surface area contributed by atoms with Gasteiger partial charge in [-0.25, -0.2) is 0 Å². The van der Waals surface area contributed by atoms with E-state index in [-0.39, 0.29) is 11.3 Å². The van der Waals surface area contributed by atoms with E-state index in [9.17, 15) is 9.90 Å². The molecule has 0 bridgehead atoms. The third kappa shape index (κ3) is 2.92. The number of anilines is 1. The Bertz CT molecular complexity index is 966. The lowest BCUT2D eigenvalue weighted by Gasteiger charge is -2.17. The molecule has 0 unspecified atom stereocenters. The number of aryl methyl sites for hydroxylation is 1. The summed E-state index contributed by atoms with van der Waals surface area (Å²) in [6.45, 7) is 3.75. The number of hydrogen-bond acceptors (Lipinski definition) is 4. The number of benzene rings is 2. The molecule has 25 heavy (non-hydrogen) atoms. The molecule has 1 amide bonds. The SMILES string of the molecule is Cc1ccc(O)c(C)c1-c1cc(-c2ccncc2)cc(C(N)=O)c1N. The molecule has 5 heteroatoms. The van der Waals surface area contributed by atoms with Crippen LogP contribution in [0.3, 0.4) is 0 Å². The van der Waals surface area contributed by atoms with E-state index in [1.165, 1.54) is 0 Å². The van der Waals surface area contributed by atoms with E-state index in [0.717, 1.165) is 22.3 Å². The van der Waals surface area contributed by atoms with Gasteiger partial charge in [0.05, 0.1) is 11.3 Å². The number of primary amides is 1. The minimum absolute atomic E-state index is 0.176. The quantitative estimate of drug-likeness (QED) is 0.639. The molecule has 0 radical (unpaired) electrons. The van der Waals surface area contributed by atoms with E-state index in [1.54, 1.807) is 24.5 Å². The van der Waals surface area contributed by atoms with E-state index >= 15 is 0 Å². The number of carbonyl (C=O) groups excluding carboxylic acids is 1. The predicted octanol–water partition coefficient (Wildman–Crippen LogP) is 3.42. The molecular weight excluding hydrogens is 314 g/mol. The number of amides is 1. The Morgan fingerprint density at radius 2 is 1.72 bits per heavy atom. The minimum atomic E-state index is -0.592. The summed E-state index contributed by atoms with van der Waals surface area (Å²) in [4.78, 5) is 15.9. The summed E-state index contributed by atoms with van der Waals surface area (Å²) in [5, 5.41) is 10.1. The van der Waals surface area contributed by atoms with Crippen LogP contribution in [0, 0.1) is 13.8 Å². The zero-order chi connectivity index (χ0) is 18.1. The fourth-order valence-electron chi connectivity index (χ4n) is 3.03. The van der Waals surface area contributed by atoms with Gasteiger partial charge in [-0.05, 0) is 72.0 Å². The summed E-state index contributed by atoms with van der Waals surface area (Å²) in [5.74, 6) is -0.417. The van der Waals surface area contributed by atoms with Crippen molar-refractivity contribution >= 4 is 11.6 Å². The summed E-state index contributed by atoms with van der Waals surface area (Å²) < 4.78 is 0. The highest BCUT2D eigenvalue weighted by Gasteiger charge is 2.18. The molecule has 3 aromatic rings. The van der Waals surface area contributed by atoms with Gasteiger partial charge in [-0.3, -0.25) is 9.78 Å². The molecule has 0 fully saturated rings. The predicted molar refractivity (Wildman–Crippen MR) is 99.2 cm³/mol. The maximum Gasteiger partial charge on any atom is 0.250 e. The van der Waals surface area contributed by atoms with Crippen molar-refractivity contribution in [3.63, 3.8) is 0 Å². The first kappa shape index (κ1) is 16.5. The van der Waals surface area contributed by atoms with Crippen molar-refractivity contribution in [1.82, 2.24) is 4.98 Å². The molecule has 1 heterocycles. The van der Waals surface area contributed by atoms with E-state index in [0.29, 0.717) is 16.8 Å². The number of nitrogens with zero attached hydrogens (tertiary/aromatic N) is 1. The Labute approximate surface area is 145 Å². The fourth-order valence-corrected chi connectivity index (χ4v) is 3.03. The lowest BCUT2D eigenvalue weighted by Crippen LogP contribution is -2.14. The molecule has 2 aromatic carbocycles. The molecule has 0 atom stereocenters. The molecule has 0 saturated carbocycles. The number of carbonyl (C=O) groups is 1. The monoisotopic (exact) mass is 333 g/mol. The zero-order valence-electron chi connectivity index (χ0n) is 14.1. The number of rotatable bonds is 3. The lowest BCUT2D eigenvalue weighted by atomic mass is 9.89. The molecule has 0 aliphatic heterocycles. The molecule has 5 N–H and O–H groups in total. The normalized spacial score (nSPS) is 10.6. The number of nitrogen functional groups attached to an aromatic ring is 1. The van der Waals surface area contributed by atoms with E-state index in [1.807, 2.05) is 38.1 Å². The number of hydrogen-bond donors (Lipinski definition) is 3. The van der Waals surface area contributed by atoms with Gasteiger partial charge in [0.25, 0.3) is 5.91 Å². The van der Waals surface area contributed by atoms with E-state index in [4.69, 9.17) is 11.5 Å². The largest absolute Gasteiger partial charge is 0.508 e. The summed E-state index contributed by atoms with van der Waals surface area (Å²) in [5.41, 5.74) is 17.2. The number of pyridine rings is 1. The van der Waals surface area contributed by atoms with Gasteiger partial charge in [0, 0.05) is 18.0 Å². The Morgan fingerprint density at radius 1 is 1.04 bits per heavy atom. The lowest BCUT2D eigenvalue weighted by molar-refractivity contribution is 0.100. The third-order valence-corrected chi connectivity index (χ3v) is 4.37. The van der Waals surface area contributed by atoms with Crippen molar-refractivity contribution < 1.29 is 9.90 Å². The number of aromatic nitrogens is 1. The third-order valence-electron chi connectivity index (χ3n) is 4.37. The van der Waals surface area contributed by atoms with Crippen LogP contribution in [0.4, 0.5) is 5.69 Å². The Kier molecular flexibility index (Phi) is 4.15. The number of nitrogens with two attached hydrogens (primary N) is 2. The van der Waals surface area contributed by atoms with Crippen LogP contribution in [0.25, 0.3) is 22.3 Å². The number of phenols is 1. The average molecular weight is 333 g/mol. The first-order valence-corrected chi connectivity index (χ1v) is 7.83. The summed E-state index contributed by atoms with van der Waals surface area (Å²) in [7, 11) is 0. The van der Waals surface area contributed by atoms with E-state index < -0.39 is 5.91 Å². The highest BCUT2D eigenvalue weighted by Crippen LogP contribution is 2.39. The van der Waals surface area contributed by atoms with Gasteiger partial charge < -0.3 is 16.6 Å². The van der Waals surface area contributed by atoms with Crippen molar-refractivity contribution in [2.45, 2.75) is 13.8 Å². The molecule has 0 saturated heterocycles. The van der Waals surface area contributed by atoms with Crippen molar-refractivity contribution in [3.8, 4) is 28.0 Å². The Morgan fingerprint density at radius 3 is 2.36 bits per heavy atom. The van der Waals surface area contributed by atoms with Crippen molar-refractivity contribution in [2.24, 2.45) is 5.73 Å². The Hall–Kier alpha value is -3.34. The van der Waals surface area contributed by atoms with Crippen LogP contribution in [0.2, 0.25) is 0 Å². The van der Waals surface area contributed by atoms with Crippen molar-refractivity contribution in [2.75, 3.05) is 5.73 Å². The average Bonchev–Trinajstić information content (AvgIpc) is 2.60. The van der Waals surface area contributed by atoms with Gasteiger partial charge in [-0.1, -0.05) is 6.07 Å². The second kappa shape index (κ2) is 6.28. The second-order valence-electron chi connectivity index (χ2n) is 5.99. The molecule has 1 aromatic heterocycles. The number of phenolic OH excluding ortho intramolecular Hbond substituents is 1. The van der Waals surface area contributed by atoms with Crippen LogP contribution in [0.15, 0.2) is 48.8 Å². The topological polar surface area (TPSA) is 102 Å². The van der Waals surface area contributed by atoms with Gasteiger partial charge in [0.2, 0.25) is 0 Å². The molecule has 0 aliphatic rings. The molecule has 0 aliphatic carbocycles. The van der Waals surface area contributed by atoms with Gasteiger partial charge in [-0.15, -0.1) is 0 Å². The van der Waals surface area contributed by atoms with Crippen LogP contribution in [-0.2, 0) is 0 Å². The van der Waals surface area contributed by atoms with Crippen LogP contribution < -0.4 is 11.5 Å². The maximum absolute atomic E-state index is 11.9. The summed E-state index contributed by atoms with van der Waals surface area (Å²) in [6, 6.07) is 10.8. The highest BCUT2D eigenvalue weighted by molar-refractivity contribution is 6.04. The smallest absolute Gasteiger partial charge is 0.250 e. The maximum atomic E-state index is 11.9. The number of aromatic hydroxyl groups is 1. The minimum Gasteiger partial charge on any atom is -0.508 e. The fraction of sp³-hybridized carbons (Fsp3) is 0.100. The summed E-state index contributed by atoms with van der Waals surface area (Å²) in [6.07, 6.45) is 3.36. The highest BCUT2D eigenvalue weighted by atomic mass is 16.3. The molecule has 0 spiro atoms. The summed E-state index contributed by atoms with van der Waals surface area (Å²) >= 11 is 0. The van der Waals surface area contributed by atoms with Crippen LogP contribution in [0.5, 0.6) is 5.75 Å². The molecule has 3 rings (SSSR count).